The van der Waals surface area contributed by atoms with Gasteiger partial charge in [-0.15, -0.1) is 11.8 Å². The van der Waals surface area contributed by atoms with Gasteiger partial charge in [-0.2, -0.15) is 0 Å². The highest BCUT2D eigenvalue weighted by Gasteiger charge is 2.51. The van der Waals surface area contributed by atoms with Crippen molar-refractivity contribution in [2.45, 2.75) is 57.1 Å². The summed E-state index contributed by atoms with van der Waals surface area (Å²) in [5, 5.41) is 8.64. The van der Waals surface area contributed by atoms with Gasteiger partial charge in [-0.05, 0) is 41.9 Å². The van der Waals surface area contributed by atoms with Crippen molar-refractivity contribution >= 4 is 29.6 Å². The van der Waals surface area contributed by atoms with Crippen molar-refractivity contribution in [3.05, 3.63) is 47.1 Å². The van der Waals surface area contributed by atoms with E-state index in [2.05, 4.69) is 16.8 Å². The third-order valence-corrected chi connectivity index (χ3v) is 8.27. The van der Waals surface area contributed by atoms with Crippen LogP contribution in [0.2, 0.25) is 0 Å². The Labute approximate surface area is 210 Å². The Morgan fingerprint density at radius 1 is 1.26 bits per heavy atom. The van der Waals surface area contributed by atoms with Crippen LogP contribution in [-0.4, -0.2) is 81.8 Å². The number of rotatable bonds is 7. The van der Waals surface area contributed by atoms with Gasteiger partial charge in [-0.25, -0.2) is 19.2 Å². The third-order valence-electron chi connectivity index (χ3n) is 7.11. The second-order valence-corrected chi connectivity index (χ2v) is 10.7. The number of amides is 4. The summed E-state index contributed by atoms with van der Waals surface area (Å²) in [5.41, 5.74) is 0.771. The Morgan fingerprint density at radius 3 is 2.66 bits per heavy atom. The average molecular weight is 504 g/mol. The normalized spacial score (nSPS) is 25.7. The van der Waals surface area contributed by atoms with E-state index in [-0.39, 0.29) is 49.2 Å². The molecule has 0 saturated carbocycles. The minimum Gasteiger partial charge on any atom is -0.337 e. The lowest BCUT2D eigenvalue weighted by Crippen LogP contribution is -2.76. The molecule has 4 amide bonds. The molecule has 0 spiro atoms. The van der Waals surface area contributed by atoms with Gasteiger partial charge in [-0.1, -0.05) is 38.5 Å². The summed E-state index contributed by atoms with van der Waals surface area (Å²) in [6.45, 7) is 5.12. The monoisotopic (exact) mass is 503 g/mol. The van der Waals surface area contributed by atoms with Gasteiger partial charge in [0.05, 0.1) is 13.1 Å². The van der Waals surface area contributed by atoms with Crippen LogP contribution in [0.3, 0.4) is 0 Å². The SMILES string of the molecule is CCC(C)[C@H]1C(=O)N(CCC2CC=CS2)C[C@H]2N1C(=O)CN(C)N2C(=O)NCc1ccc(F)cc1. The van der Waals surface area contributed by atoms with Crippen molar-refractivity contribution in [1.29, 1.82) is 0 Å². The number of hydrogen-bond donors (Lipinski definition) is 1. The minimum atomic E-state index is -0.596. The molecule has 2 fully saturated rings. The summed E-state index contributed by atoms with van der Waals surface area (Å²) in [4.78, 5) is 43.6. The lowest BCUT2D eigenvalue weighted by molar-refractivity contribution is -0.190. The second kappa shape index (κ2) is 11.0. The lowest BCUT2D eigenvalue weighted by atomic mass is 9.92. The van der Waals surface area contributed by atoms with Crippen LogP contribution in [0, 0.1) is 11.7 Å². The first-order valence-corrected chi connectivity index (χ1v) is 13.2. The van der Waals surface area contributed by atoms with Crippen LogP contribution < -0.4 is 5.32 Å². The summed E-state index contributed by atoms with van der Waals surface area (Å²) >= 11 is 1.79. The number of halogens is 1. The Kier molecular flexibility index (Phi) is 8.01. The molecule has 1 N–H and O–H groups in total. The number of allylic oxidation sites excluding steroid dienone is 1. The number of nitrogens with zero attached hydrogens (tertiary/aromatic N) is 4. The molecule has 3 aliphatic heterocycles. The molecule has 3 aliphatic rings. The quantitative estimate of drug-likeness (QED) is 0.619. The van der Waals surface area contributed by atoms with Crippen molar-refractivity contribution in [3.8, 4) is 0 Å². The van der Waals surface area contributed by atoms with Gasteiger partial charge < -0.3 is 15.1 Å². The Bertz CT molecular complexity index is 966. The fraction of sp³-hybridized carbons (Fsp3) is 0.560. The van der Waals surface area contributed by atoms with E-state index in [9.17, 15) is 18.8 Å². The lowest BCUT2D eigenvalue weighted by Gasteiger charge is -2.55. The maximum absolute atomic E-state index is 13.6. The summed E-state index contributed by atoms with van der Waals surface area (Å²) < 4.78 is 13.2. The van der Waals surface area contributed by atoms with Gasteiger partial charge in [0.2, 0.25) is 11.8 Å². The molecule has 4 rings (SSSR count). The number of thioether (sulfide) groups is 1. The van der Waals surface area contributed by atoms with Gasteiger partial charge in [0.15, 0.2) is 0 Å². The largest absolute Gasteiger partial charge is 0.337 e. The number of nitrogens with one attached hydrogen (secondary N) is 1. The topological polar surface area (TPSA) is 76.2 Å². The van der Waals surface area contributed by atoms with E-state index in [1.54, 1.807) is 45.9 Å². The van der Waals surface area contributed by atoms with Gasteiger partial charge in [0, 0.05) is 25.4 Å². The van der Waals surface area contributed by atoms with Gasteiger partial charge in [-0.3, -0.25) is 9.59 Å². The van der Waals surface area contributed by atoms with E-state index < -0.39 is 12.2 Å². The fourth-order valence-electron chi connectivity index (χ4n) is 4.97. The smallest absolute Gasteiger partial charge is 0.334 e. The predicted octanol–water partition coefficient (Wildman–Crippen LogP) is 3.02. The first-order chi connectivity index (χ1) is 16.8. The highest BCUT2D eigenvalue weighted by molar-refractivity contribution is 8.03. The highest BCUT2D eigenvalue weighted by Crippen LogP contribution is 2.32. The molecule has 0 aromatic heterocycles. The van der Waals surface area contributed by atoms with Crippen LogP contribution in [-0.2, 0) is 16.1 Å². The highest BCUT2D eigenvalue weighted by atomic mass is 32.2. The predicted molar refractivity (Wildman–Crippen MR) is 133 cm³/mol. The number of benzene rings is 1. The van der Waals surface area contributed by atoms with Crippen molar-refractivity contribution < 1.29 is 18.8 Å². The number of fused-ring (bicyclic) bond motifs is 1. The molecule has 3 heterocycles. The molecule has 0 aliphatic carbocycles. The first-order valence-electron chi connectivity index (χ1n) is 12.2. The zero-order valence-electron chi connectivity index (χ0n) is 20.5. The standard InChI is InChI=1S/C25H34FN5O3S/c1-4-17(2)23-24(33)29(12-11-20-6-5-13-35-20)15-21-30(23)22(32)16-28(3)31(21)25(34)27-14-18-7-9-19(26)10-8-18/h5,7-10,13,17,20-21,23H,4,6,11-12,14-16H2,1-3H3,(H,27,34)/t17?,20?,21-,23-/m0/s1. The number of piperazine rings is 1. The van der Waals surface area contributed by atoms with Crippen LogP contribution in [0.15, 0.2) is 35.7 Å². The summed E-state index contributed by atoms with van der Waals surface area (Å²) in [5.74, 6) is -0.545. The number of hydrazine groups is 1. The molecule has 0 radical (unpaired) electrons. The van der Waals surface area contributed by atoms with Crippen molar-refractivity contribution in [2.24, 2.45) is 5.92 Å². The van der Waals surface area contributed by atoms with E-state index in [1.807, 2.05) is 18.7 Å². The van der Waals surface area contributed by atoms with Crippen molar-refractivity contribution in [2.75, 3.05) is 26.7 Å². The number of carbonyl (C=O) groups is 3. The zero-order chi connectivity index (χ0) is 25.1. The van der Waals surface area contributed by atoms with Crippen molar-refractivity contribution in [1.82, 2.24) is 25.1 Å². The number of urea groups is 1. The van der Waals surface area contributed by atoms with E-state index in [4.69, 9.17) is 0 Å². The molecular weight excluding hydrogens is 469 g/mol. The van der Waals surface area contributed by atoms with E-state index in [1.165, 1.54) is 12.1 Å². The second-order valence-electron chi connectivity index (χ2n) is 9.50. The van der Waals surface area contributed by atoms with Crippen molar-refractivity contribution in [3.63, 3.8) is 0 Å². The minimum absolute atomic E-state index is 0.0189. The number of hydrogen-bond acceptors (Lipinski definition) is 5. The Morgan fingerprint density at radius 2 is 2.00 bits per heavy atom. The van der Waals surface area contributed by atoms with E-state index in [0.717, 1.165) is 24.8 Å². The Hall–Kier alpha value is -2.59. The maximum atomic E-state index is 13.6. The van der Waals surface area contributed by atoms with Gasteiger partial charge >= 0.3 is 6.03 Å². The molecule has 8 nitrogen and oxygen atoms in total. The average Bonchev–Trinajstić information content (AvgIpc) is 3.36. The van der Waals surface area contributed by atoms with E-state index >= 15 is 0 Å². The summed E-state index contributed by atoms with van der Waals surface area (Å²) in [6.07, 6.45) is 4.18. The van der Waals surface area contributed by atoms with Crippen LogP contribution in [0.25, 0.3) is 0 Å². The number of carbonyl (C=O) groups excluding carboxylic acids is 3. The maximum Gasteiger partial charge on any atom is 0.334 e. The molecule has 4 atom stereocenters. The fourth-order valence-corrected chi connectivity index (χ4v) is 5.88. The molecule has 1 aromatic rings. The van der Waals surface area contributed by atoms with Crippen LogP contribution in [0.4, 0.5) is 9.18 Å². The molecule has 0 bridgehead atoms. The molecule has 10 heteroatoms. The molecular formula is C25H34FN5O3S. The summed E-state index contributed by atoms with van der Waals surface area (Å²) in [7, 11) is 1.71. The molecule has 35 heavy (non-hydrogen) atoms. The van der Waals surface area contributed by atoms with Gasteiger partial charge in [0.25, 0.3) is 0 Å². The zero-order valence-corrected chi connectivity index (χ0v) is 21.3. The number of likely N-dealkylation sites (N-methyl/N-ethyl adjacent to an activating group) is 1. The van der Waals surface area contributed by atoms with Crippen LogP contribution in [0.1, 0.15) is 38.7 Å². The third kappa shape index (κ3) is 5.48. The molecule has 2 unspecified atom stereocenters. The van der Waals surface area contributed by atoms with E-state index in [0.29, 0.717) is 11.8 Å². The van der Waals surface area contributed by atoms with Crippen LogP contribution >= 0.6 is 11.8 Å². The first kappa shape index (κ1) is 25.5. The van der Waals surface area contributed by atoms with Crippen LogP contribution in [0.5, 0.6) is 0 Å². The molecule has 1 aromatic carbocycles. The molecule has 2 saturated heterocycles. The Balaban J connectivity index is 1.54. The van der Waals surface area contributed by atoms with Gasteiger partial charge in [0.1, 0.15) is 18.0 Å². The summed E-state index contributed by atoms with van der Waals surface area (Å²) in [6, 6.07) is 5.01. The molecule has 190 valence electrons.